The zero-order chi connectivity index (χ0) is 12.3. The van der Waals surface area contributed by atoms with Crippen molar-refractivity contribution in [3.8, 4) is 0 Å². The van der Waals surface area contributed by atoms with Crippen molar-refractivity contribution in [2.24, 2.45) is 11.7 Å². The van der Waals surface area contributed by atoms with Crippen LogP contribution >= 0.6 is 0 Å². The third-order valence-electron chi connectivity index (χ3n) is 2.44. The maximum Gasteiger partial charge on any atom is 0.182 e. The van der Waals surface area contributed by atoms with E-state index in [-0.39, 0.29) is 16.6 Å². The molecule has 0 radical (unpaired) electrons. The van der Waals surface area contributed by atoms with Gasteiger partial charge in [0.2, 0.25) is 0 Å². The molecule has 0 aliphatic rings. The minimum absolute atomic E-state index is 0.0431. The molecule has 5 heteroatoms. The van der Waals surface area contributed by atoms with Crippen LogP contribution in [0.5, 0.6) is 0 Å². The van der Waals surface area contributed by atoms with Crippen LogP contribution in [0.4, 0.5) is 4.39 Å². The van der Waals surface area contributed by atoms with Crippen LogP contribution in [0.15, 0.2) is 29.2 Å². The third kappa shape index (κ3) is 3.02. The van der Waals surface area contributed by atoms with E-state index in [1.165, 1.54) is 18.2 Å². The molecule has 16 heavy (non-hydrogen) atoms. The van der Waals surface area contributed by atoms with Crippen LogP contribution in [-0.2, 0) is 9.84 Å². The van der Waals surface area contributed by atoms with Gasteiger partial charge in [0.15, 0.2) is 9.84 Å². The first-order valence-corrected chi connectivity index (χ1v) is 6.72. The summed E-state index contributed by atoms with van der Waals surface area (Å²) < 4.78 is 37.0. The molecule has 1 aromatic rings. The number of hydrogen-bond donors (Lipinski definition) is 1. The fourth-order valence-electron chi connectivity index (χ4n) is 1.23. The van der Waals surface area contributed by atoms with Gasteiger partial charge in [-0.05, 0) is 18.1 Å². The lowest BCUT2D eigenvalue weighted by Gasteiger charge is -2.15. The van der Waals surface area contributed by atoms with E-state index in [1.54, 1.807) is 0 Å². The third-order valence-corrected chi connectivity index (χ3v) is 4.26. The van der Waals surface area contributed by atoms with E-state index in [1.807, 2.05) is 13.8 Å². The summed E-state index contributed by atoms with van der Waals surface area (Å²) in [6.45, 7) is 3.67. The standard InChI is InChI=1S/C11H16FNO2S/c1-8(2)10(13)7-16(14,15)11-6-4-3-5-9(11)12/h3-6,8,10H,7,13H2,1-2H3. The van der Waals surface area contributed by atoms with Crippen LogP contribution < -0.4 is 5.73 Å². The zero-order valence-electron chi connectivity index (χ0n) is 9.35. The van der Waals surface area contributed by atoms with Gasteiger partial charge >= 0.3 is 0 Å². The van der Waals surface area contributed by atoms with Gasteiger partial charge in [0.1, 0.15) is 10.7 Å². The maximum atomic E-state index is 13.3. The molecule has 1 aromatic carbocycles. The van der Waals surface area contributed by atoms with Crippen molar-refractivity contribution in [2.75, 3.05) is 5.75 Å². The average Bonchev–Trinajstić information content (AvgIpc) is 2.17. The molecule has 0 amide bonds. The zero-order valence-corrected chi connectivity index (χ0v) is 10.2. The van der Waals surface area contributed by atoms with Gasteiger partial charge in [-0.15, -0.1) is 0 Å². The number of halogens is 1. The molecule has 1 atom stereocenters. The molecule has 0 bridgehead atoms. The van der Waals surface area contributed by atoms with Gasteiger partial charge in [0.25, 0.3) is 0 Å². The van der Waals surface area contributed by atoms with Gasteiger partial charge in [0, 0.05) is 6.04 Å². The van der Waals surface area contributed by atoms with E-state index in [0.717, 1.165) is 6.07 Å². The number of sulfone groups is 1. The highest BCUT2D eigenvalue weighted by Crippen LogP contribution is 2.17. The topological polar surface area (TPSA) is 60.2 Å². The molecule has 0 saturated carbocycles. The fourth-order valence-corrected chi connectivity index (χ4v) is 2.95. The lowest BCUT2D eigenvalue weighted by molar-refractivity contribution is 0.512. The molecule has 0 aliphatic heterocycles. The second-order valence-electron chi connectivity index (χ2n) is 4.12. The van der Waals surface area contributed by atoms with Crippen molar-refractivity contribution in [3.05, 3.63) is 30.1 Å². The Labute approximate surface area is 95.4 Å². The molecular weight excluding hydrogens is 229 g/mol. The molecule has 1 unspecified atom stereocenters. The summed E-state index contributed by atoms with van der Waals surface area (Å²) in [4.78, 5) is -0.272. The van der Waals surface area contributed by atoms with Crippen LogP contribution in [0.2, 0.25) is 0 Å². The summed E-state index contributed by atoms with van der Waals surface area (Å²) in [6, 6.07) is 4.86. The summed E-state index contributed by atoms with van der Waals surface area (Å²) in [5.41, 5.74) is 5.69. The van der Waals surface area contributed by atoms with Crippen molar-refractivity contribution in [1.29, 1.82) is 0 Å². The molecular formula is C11H16FNO2S. The van der Waals surface area contributed by atoms with E-state index in [2.05, 4.69) is 0 Å². The van der Waals surface area contributed by atoms with E-state index >= 15 is 0 Å². The van der Waals surface area contributed by atoms with Gasteiger partial charge in [-0.3, -0.25) is 0 Å². The number of rotatable bonds is 4. The highest BCUT2D eigenvalue weighted by Gasteiger charge is 2.23. The lowest BCUT2D eigenvalue weighted by Crippen LogP contribution is -2.34. The Morgan fingerprint density at radius 3 is 2.38 bits per heavy atom. The van der Waals surface area contributed by atoms with Gasteiger partial charge in [-0.1, -0.05) is 26.0 Å². The van der Waals surface area contributed by atoms with Crippen LogP contribution in [0.3, 0.4) is 0 Å². The summed E-state index contributed by atoms with van der Waals surface area (Å²) in [6.07, 6.45) is 0. The predicted molar refractivity (Wildman–Crippen MR) is 61.3 cm³/mol. The van der Waals surface area contributed by atoms with Crippen LogP contribution in [0.1, 0.15) is 13.8 Å². The molecule has 1 rings (SSSR count). The first-order valence-electron chi connectivity index (χ1n) is 5.07. The van der Waals surface area contributed by atoms with Crippen molar-refractivity contribution >= 4 is 9.84 Å². The Balaban J connectivity index is 3.00. The van der Waals surface area contributed by atoms with Crippen LogP contribution in [0.25, 0.3) is 0 Å². The first kappa shape index (κ1) is 13.1. The molecule has 0 spiro atoms. The Kier molecular flexibility index (Phi) is 4.04. The maximum absolute atomic E-state index is 13.3. The van der Waals surface area contributed by atoms with E-state index in [0.29, 0.717) is 0 Å². The molecule has 0 heterocycles. The highest BCUT2D eigenvalue weighted by atomic mass is 32.2. The number of nitrogens with two attached hydrogens (primary N) is 1. The monoisotopic (exact) mass is 245 g/mol. The number of benzene rings is 1. The van der Waals surface area contributed by atoms with Crippen LogP contribution in [-0.4, -0.2) is 20.2 Å². The highest BCUT2D eigenvalue weighted by molar-refractivity contribution is 7.91. The van der Waals surface area contributed by atoms with E-state index in [4.69, 9.17) is 5.73 Å². The first-order chi connectivity index (χ1) is 7.34. The quantitative estimate of drug-likeness (QED) is 0.876. The average molecular weight is 245 g/mol. The Bertz CT molecular complexity index is 457. The normalized spacial score (nSPS) is 14.1. The minimum atomic E-state index is -3.64. The minimum Gasteiger partial charge on any atom is -0.327 e. The van der Waals surface area contributed by atoms with Gasteiger partial charge < -0.3 is 5.73 Å². The Hall–Kier alpha value is -0.940. The molecule has 3 nitrogen and oxygen atoms in total. The van der Waals surface area contributed by atoms with Gasteiger partial charge in [-0.2, -0.15) is 0 Å². The van der Waals surface area contributed by atoms with Crippen molar-refractivity contribution < 1.29 is 12.8 Å². The van der Waals surface area contributed by atoms with E-state index in [9.17, 15) is 12.8 Å². The van der Waals surface area contributed by atoms with Crippen molar-refractivity contribution in [2.45, 2.75) is 24.8 Å². The fraction of sp³-hybridized carbons (Fsp3) is 0.455. The molecule has 90 valence electrons. The van der Waals surface area contributed by atoms with Crippen molar-refractivity contribution in [1.82, 2.24) is 0 Å². The molecule has 0 fully saturated rings. The Morgan fingerprint density at radius 2 is 1.88 bits per heavy atom. The predicted octanol–water partition coefficient (Wildman–Crippen LogP) is 1.58. The molecule has 0 saturated heterocycles. The molecule has 2 N–H and O–H groups in total. The van der Waals surface area contributed by atoms with E-state index < -0.39 is 21.7 Å². The van der Waals surface area contributed by atoms with Crippen LogP contribution in [0, 0.1) is 11.7 Å². The SMILES string of the molecule is CC(C)C(N)CS(=O)(=O)c1ccccc1F. The van der Waals surface area contributed by atoms with Crippen molar-refractivity contribution in [3.63, 3.8) is 0 Å². The summed E-state index contributed by atoms with van der Waals surface area (Å²) in [5.74, 6) is -0.911. The summed E-state index contributed by atoms with van der Waals surface area (Å²) in [5, 5.41) is 0. The summed E-state index contributed by atoms with van der Waals surface area (Å²) in [7, 11) is -3.64. The lowest BCUT2D eigenvalue weighted by atomic mass is 10.1. The second kappa shape index (κ2) is 4.93. The molecule has 0 aromatic heterocycles. The molecule has 0 aliphatic carbocycles. The van der Waals surface area contributed by atoms with Gasteiger partial charge in [-0.25, -0.2) is 12.8 Å². The number of hydrogen-bond acceptors (Lipinski definition) is 3. The second-order valence-corrected chi connectivity index (χ2v) is 6.12. The largest absolute Gasteiger partial charge is 0.327 e. The smallest absolute Gasteiger partial charge is 0.182 e. The summed E-state index contributed by atoms with van der Waals surface area (Å²) >= 11 is 0. The Morgan fingerprint density at radius 1 is 1.31 bits per heavy atom. The van der Waals surface area contributed by atoms with Gasteiger partial charge in [0.05, 0.1) is 5.75 Å².